The van der Waals surface area contributed by atoms with Crippen LogP contribution < -0.4 is 14.8 Å². The van der Waals surface area contributed by atoms with E-state index in [1.54, 1.807) is 38.5 Å². The zero-order valence-electron chi connectivity index (χ0n) is 13.6. The number of hydrogen-bond acceptors (Lipinski definition) is 3. The molecule has 0 aliphatic heterocycles. The third kappa shape index (κ3) is 3.42. The molecule has 1 N–H and O–H groups in total. The van der Waals surface area contributed by atoms with E-state index < -0.39 is 0 Å². The Kier molecular flexibility index (Phi) is 4.45. The average molecular weight is 302 g/mol. The smallest absolute Gasteiger partial charge is 0.257 e. The van der Waals surface area contributed by atoms with E-state index in [0.717, 1.165) is 0 Å². The van der Waals surface area contributed by atoms with Crippen LogP contribution in [0.4, 0.5) is 5.69 Å². The number of nitrogens with zero attached hydrogens (tertiary/aromatic N) is 1. The third-order valence-electron chi connectivity index (χ3n) is 3.37. The van der Waals surface area contributed by atoms with E-state index in [1.807, 2.05) is 17.0 Å². The average Bonchev–Trinajstić information content (AvgIpc) is 2.97. The molecular formula is C17H22N2O3. The predicted molar refractivity (Wildman–Crippen MR) is 86.9 cm³/mol. The van der Waals surface area contributed by atoms with E-state index in [2.05, 4.69) is 26.1 Å². The van der Waals surface area contributed by atoms with Gasteiger partial charge in [-0.2, -0.15) is 0 Å². The Morgan fingerprint density at radius 3 is 2.32 bits per heavy atom. The number of hydrogen-bond donors (Lipinski definition) is 1. The van der Waals surface area contributed by atoms with Crippen molar-refractivity contribution in [2.24, 2.45) is 0 Å². The van der Waals surface area contributed by atoms with Crippen LogP contribution in [-0.2, 0) is 5.54 Å². The van der Waals surface area contributed by atoms with Crippen LogP contribution in [0.5, 0.6) is 11.5 Å². The first-order chi connectivity index (χ1) is 10.3. The number of methoxy groups -OCH3 is 2. The van der Waals surface area contributed by atoms with Crippen molar-refractivity contribution in [2.45, 2.75) is 26.3 Å². The summed E-state index contributed by atoms with van der Waals surface area (Å²) in [4.78, 5) is 12.3. The molecule has 0 unspecified atom stereocenters. The lowest BCUT2D eigenvalue weighted by atomic mass is 10.1. The van der Waals surface area contributed by atoms with Crippen molar-refractivity contribution in [1.82, 2.24) is 4.57 Å². The fourth-order valence-corrected chi connectivity index (χ4v) is 2.07. The molecule has 0 bridgehead atoms. The largest absolute Gasteiger partial charge is 0.493 e. The van der Waals surface area contributed by atoms with Crippen LogP contribution in [0.3, 0.4) is 0 Å². The molecule has 0 spiro atoms. The first-order valence-electron chi connectivity index (χ1n) is 7.07. The quantitative estimate of drug-likeness (QED) is 0.940. The lowest BCUT2D eigenvalue weighted by Gasteiger charge is -2.20. The van der Waals surface area contributed by atoms with Crippen molar-refractivity contribution in [2.75, 3.05) is 19.5 Å². The molecule has 5 heteroatoms. The Morgan fingerprint density at radius 2 is 1.77 bits per heavy atom. The van der Waals surface area contributed by atoms with Crippen LogP contribution in [0.1, 0.15) is 31.1 Å². The maximum Gasteiger partial charge on any atom is 0.257 e. The molecule has 0 fully saturated rings. The van der Waals surface area contributed by atoms with Gasteiger partial charge in [0.2, 0.25) is 0 Å². The predicted octanol–water partition coefficient (Wildman–Crippen LogP) is 3.51. The van der Waals surface area contributed by atoms with Crippen LogP contribution in [0.2, 0.25) is 0 Å². The van der Waals surface area contributed by atoms with Crippen molar-refractivity contribution in [3.63, 3.8) is 0 Å². The summed E-state index contributed by atoms with van der Waals surface area (Å²) in [6.45, 7) is 6.26. The molecule has 0 saturated heterocycles. The molecule has 22 heavy (non-hydrogen) atoms. The molecule has 2 rings (SSSR count). The second-order valence-electron chi connectivity index (χ2n) is 6.00. The van der Waals surface area contributed by atoms with Gasteiger partial charge in [0.05, 0.1) is 19.8 Å². The number of anilines is 1. The first kappa shape index (κ1) is 15.9. The molecule has 0 radical (unpaired) electrons. The summed E-state index contributed by atoms with van der Waals surface area (Å²) >= 11 is 0. The van der Waals surface area contributed by atoms with Gasteiger partial charge in [0, 0.05) is 29.7 Å². The van der Waals surface area contributed by atoms with Gasteiger partial charge in [0.1, 0.15) is 0 Å². The topological polar surface area (TPSA) is 52.5 Å². The number of carbonyl (C=O) groups excluding carboxylic acids is 1. The van der Waals surface area contributed by atoms with Crippen LogP contribution in [0.25, 0.3) is 0 Å². The Morgan fingerprint density at radius 1 is 1.09 bits per heavy atom. The van der Waals surface area contributed by atoms with Crippen LogP contribution in [0.15, 0.2) is 36.7 Å². The summed E-state index contributed by atoms with van der Waals surface area (Å²) in [5.74, 6) is 1.04. The summed E-state index contributed by atoms with van der Waals surface area (Å²) in [6, 6.07) is 7.08. The van der Waals surface area contributed by atoms with Crippen LogP contribution >= 0.6 is 0 Å². The van der Waals surface area contributed by atoms with Gasteiger partial charge in [-0.15, -0.1) is 0 Å². The van der Waals surface area contributed by atoms with Crippen molar-refractivity contribution >= 4 is 11.6 Å². The highest BCUT2D eigenvalue weighted by molar-refractivity contribution is 6.04. The Hall–Kier alpha value is -2.43. The minimum Gasteiger partial charge on any atom is -0.493 e. The standard InChI is InChI=1S/C17H22N2O3/c1-17(2,3)19-9-8-12(11-19)16(20)18-13-6-7-14(21-4)15(10-13)22-5/h6-11H,1-5H3,(H,18,20). The Labute approximate surface area is 130 Å². The highest BCUT2D eigenvalue weighted by Crippen LogP contribution is 2.30. The van der Waals surface area contributed by atoms with Gasteiger partial charge in [-0.3, -0.25) is 4.79 Å². The molecule has 0 atom stereocenters. The highest BCUT2D eigenvalue weighted by atomic mass is 16.5. The van der Waals surface area contributed by atoms with Gasteiger partial charge >= 0.3 is 0 Å². The van der Waals surface area contributed by atoms with Crippen molar-refractivity contribution < 1.29 is 14.3 Å². The molecule has 0 aliphatic rings. The number of ether oxygens (including phenoxy) is 2. The maximum atomic E-state index is 12.3. The zero-order valence-corrected chi connectivity index (χ0v) is 13.6. The molecule has 5 nitrogen and oxygen atoms in total. The van der Waals surface area contributed by atoms with Crippen LogP contribution in [0, 0.1) is 0 Å². The van der Waals surface area contributed by atoms with Crippen molar-refractivity contribution in [1.29, 1.82) is 0 Å². The van der Waals surface area contributed by atoms with E-state index in [-0.39, 0.29) is 11.4 Å². The summed E-state index contributed by atoms with van der Waals surface area (Å²) in [5.41, 5.74) is 1.22. The fourth-order valence-electron chi connectivity index (χ4n) is 2.07. The molecule has 1 aromatic heterocycles. The van der Waals surface area contributed by atoms with Gasteiger partial charge in [0.15, 0.2) is 11.5 Å². The van der Waals surface area contributed by atoms with E-state index in [9.17, 15) is 4.79 Å². The molecule has 118 valence electrons. The summed E-state index contributed by atoms with van der Waals surface area (Å²) in [5, 5.41) is 2.86. The van der Waals surface area contributed by atoms with Crippen molar-refractivity contribution in [3.05, 3.63) is 42.2 Å². The minimum atomic E-state index is -0.157. The lowest BCUT2D eigenvalue weighted by molar-refractivity contribution is 0.102. The van der Waals surface area contributed by atoms with E-state index >= 15 is 0 Å². The zero-order chi connectivity index (χ0) is 16.3. The monoisotopic (exact) mass is 302 g/mol. The lowest BCUT2D eigenvalue weighted by Crippen LogP contribution is -2.20. The normalized spacial score (nSPS) is 11.1. The molecule has 0 aliphatic carbocycles. The fraction of sp³-hybridized carbons (Fsp3) is 0.353. The van der Waals surface area contributed by atoms with Crippen molar-refractivity contribution in [3.8, 4) is 11.5 Å². The van der Waals surface area contributed by atoms with Gasteiger partial charge < -0.3 is 19.4 Å². The number of rotatable bonds is 4. The molecule has 1 heterocycles. The van der Waals surface area contributed by atoms with Gasteiger partial charge in [0.25, 0.3) is 5.91 Å². The minimum absolute atomic E-state index is 0.0537. The number of aromatic nitrogens is 1. The maximum absolute atomic E-state index is 12.3. The van der Waals surface area contributed by atoms with E-state index in [4.69, 9.17) is 9.47 Å². The summed E-state index contributed by atoms with van der Waals surface area (Å²) in [6.07, 6.45) is 3.75. The summed E-state index contributed by atoms with van der Waals surface area (Å²) < 4.78 is 12.4. The SMILES string of the molecule is COc1ccc(NC(=O)c2ccn(C(C)(C)C)c2)cc1OC. The molecular weight excluding hydrogens is 280 g/mol. The first-order valence-corrected chi connectivity index (χ1v) is 7.07. The van der Waals surface area contributed by atoms with E-state index in [1.165, 1.54) is 0 Å². The molecule has 0 saturated carbocycles. The van der Waals surface area contributed by atoms with Crippen LogP contribution in [-0.4, -0.2) is 24.7 Å². The molecule has 1 aromatic carbocycles. The number of carbonyl (C=O) groups is 1. The Bertz CT molecular complexity index is 669. The number of amides is 1. The van der Waals surface area contributed by atoms with Gasteiger partial charge in [-0.1, -0.05) is 0 Å². The molecule has 2 aromatic rings. The second-order valence-corrected chi connectivity index (χ2v) is 6.00. The summed E-state index contributed by atoms with van der Waals surface area (Å²) in [7, 11) is 3.14. The Balaban J connectivity index is 2.17. The highest BCUT2D eigenvalue weighted by Gasteiger charge is 2.15. The second kappa shape index (κ2) is 6.13. The van der Waals surface area contributed by atoms with Gasteiger partial charge in [-0.05, 0) is 39.0 Å². The van der Waals surface area contributed by atoms with E-state index in [0.29, 0.717) is 22.7 Å². The molecule has 1 amide bonds. The third-order valence-corrected chi connectivity index (χ3v) is 3.37. The number of benzene rings is 1. The van der Waals surface area contributed by atoms with Gasteiger partial charge in [-0.25, -0.2) is 0 Å². The number of nitrogens with one attached hydrogen (secondary N) is 1.